The summed E-state index contributed by atoms with van der Waals surface area (Å²) >= 11 is 0. The third-order valence-corrected chi connectivity index (χ3v) is 7.87. The third kappa shape index (κ3) is 5.57. The Balaban J connectivity index is 1.55. The number of hydrogen-bond donors (Lipinski definition) is 2. The molecule has 212 valence electrons. The summed E-state index contributed by atoms with van der Waals surface area (Å²) in [5.41, 5.74) is 6.35. The first-order valence-corrected chi connectivity index (χ1v) is 13.9. The van der Waals surface area contributed by atoms with E-state index in [9.17, 15) is 9.59 Å². The molecule has 1 heterocycles. The SMILES string of the molecule is CCOc1ccc(C2C(C(=O)Nc3ccccc3C)=C(C)NC3=C2C(=O)CC(c2ccc(OC)c(OC)c2)C3)cc1. The van der Waals surface area contributed by atoms with E-state index in [1.54, 1.807) is 14.2 Å². The number of allylic oxidation sites excluding steroid dienone is 3. The molecule has 1 aliphatic heterocycles. The van der Waals surface area contributed by atoms with Crippen LogP contribution in [0.5, 0.6) is 17.2 Å². The monoisotopic (exact) mass is 552 g/mol. The van der Waals surface area contributed by atoms with Crippen molar-refractivity contribution in [1.82, 2.24) is 5.32 Å². The van der Waals surface area contributed by atoms with Crippen molar-refractivity contribution in [2.45, 2.75) is 45.4 Å². The second-order valence-electron chi connectivity index (χ2n) is 10.4. The van der Waals surface area contributed by atoms with Gasteiger partial charge >= 0.3 is 0 Å². The van der Waals surface area contributed by atoms with E-state index in [-0.39, 0.29) is 17.6 Å². The summed E-state index contributed by atoms with van der Waals surface area (Å²) in [6, 6.07) is 21.2. The molecular formula is C34H36N2O5. The van der Waals surface area contributed by atoms with Crippen LogP contribution in [0, 0.1) is 6.92 Å². The van der Waals surface area contributed by atoms with Gasteiger partial charge in [0, 0.05) is 40.6 Å². The van der Waals surface area contributed by atoms with Gasteiger partial charge in [-0.15, -0.1) is 0 Å². The highest BCUT2D eigenvalue weighted by Gasteiger charge is 2.41. The van der Waals surface area contributed by atoms with Gasteiger partial charge in [-0.3, -0.25) is 9.59 Å². The summed E-state index contributed by atoms with van der Waals surface area (Å²) in [5, 5.41) is 6.55. The molecule has 0 saturated carbocycles. The van der Waals surface area contributed by atoms with Gasteiger partial charge in [-0.1, -0.05) is 36.4 Å². The average molecular weight is 553 g/mol. The van der Waals surface area contributed by atoms with E-state index in [4.69, 9.17) is 14.2 Å². The molecular weight excluding hydrogens is 516 g/mol. The number of anilines is 1. The smallest absolute Gasteiger partial charge is 0.254 e. The molecule has 2 N–H and O–H groups in total. The fraction of sp³-hybridized carbons (Fsp3) is 0.294. The zero-order valence-electron chi connectivity index (χ0n) is 24.2. The number of nitrogens with one attached hydrogen (secondary N) is 2. The first kappa shape index (κ1) is 28.0. The van der Waals surface area contributed by atoms with Crippen molar-refractivity contribution in [1.29, 1.82) is 0 Å². The van der Waals surface area contributed by atoms with Gasteiger partial charge in [-0.2, -0.15) is 0 Å². The Kier molecular flexibility index (Phi) is 8.15. The number of rotatable bonds is 8. The van der Waals surface area contributed by atoms with Crippen molar-refractivity contribution in [3.63, 3.8) is 0 Å². The first-order chi connectivity index (χ1) is 19.8. The molecule has 1 aliphatic carbocycles. The van der Waals surface area contributed by atoms with Crippen LogP contribution >= 0.6 is 0 Å². The predicted molar refractivity (Wildman–Crippen MR) is 160 cm³/mol. The highest BCUT2D eigenvalue weighted by Crippen LogP contribution is 2.46. The first-order valence-electron chi connectivity index (χ1n) is 13.9. The number of carbonyl (C=O) groups excluding carboxylic acids is 2. The van der Waals surface area contributed by atoms with E-state index in [2.05, 4.69) is 10.6 Å². The Morgan fingerprint density at radius 2 is 1.63 bits per heavy atom. The molecule has 0 radical (unpaired) electrons. The minimum Gasteiger partial charge on any atom is -0.494 e. The maximum Gasteiger partial charge on any atom is 0.254 e. The highest BCUT2D eigenvalue weighted by molar-refractivity contribution is 6.10. The molecule has 7 nitrogen and oxygen atoms in total. The lowest BCUT2D eigenvalue weighted by atomic mass is 9.71. The second kappa shape index (κ2) is 11.9. The zero-order chi connectivity index (χ0) is 29.1. The number of carbonyl (C=O) groups is 2. The third-order valence-electron chi connectivity index (χ3n) is 7.87. The number of methoxy groups -OCH3 is 2. The van der Waals surface area contributed by atoms with Crippen molar-refractivity contribution in [2.75, 3.05) is 26.1 Å². The maximum atomic E-state index is 14.0. The molecule has 0 spiro atoms. The second-order valence-corrected chi connectivity index (χ2v) is 10.4. The van der Waals surface area contributed by atoms with Crippen molar-refractivity contribution in [3.8, 4) is 17.2 Å². The molecule has 3 aromatic rings. The van der Waals surface area contributed by atoms with Crippen LogP contribution in [0.25, 0.3) is 0 Å². The standard InChI is InChI=1S/C34H36N2O5/c1-6-41-25-14-11-22(12-15-25)32-31(34(38)36-26-10-8-7-9-20(26)2)21(3)35-27-17-24(18-28(37)33(27)32)23-13-16-29(39-4)30(19-23)40-5/h7-16,19,24,32,35H,6,17-18H2,1-5H3,(H,36,38). The molecule has 5 rings (SSSR count). The zero-order valence-corrected chi connectivity index (χ0v) is 24.2. The molecule has 0 saturated heterocycles. The van der Waals surface area contributed by atoms with Gasteiger partial charge < -0.3 is 24.8 Å². The van der Waals surface area contributed by atoms with Crippen molar-refractivity contribution >= 4 is 17.4 Å². The lowest BCUT2D eigenvalue weighted by molar-refractivity contribution is -0.116. The lowest BCUT2D eigenvalue weighted by Crippen LogP contribution is -2.37. The van der Waals surface area contributed by atoms with Gasteiger partial charge in [0.15, 0.2) is 17.3 Å². The van der Waals surface area contributed by atoms with Gasteiger partial charge in [0.05, 0.1) is 20.8 Å². The molecule has 0 fully saturated rings. The van der Waals surface area contributed by atoms with Gasteiger partial charge in [-0.05, 0) is 80.1 Å². The van der Waals surface area contributed by atoms with Crippen molar-refractivity contribution < 1.29 is 23.8 Å². The van der Waals surface area contributed by atoms with Crippen LogP contribution in [0.4, 0.5) is 5.69 Å². The quantitative estimate of drug-likeness (QED) is 0.336. The van der Waals surface area contributed by atoms with Crippen molar-refractivity contribution in [2.24, 2.45) is 0 Å². The van der Waals surface area contributed by atoms with E-state index in [0.717, 1.165) is 39.5 Å². The van der Waals surface area contributed by atoms with E-state index in [1.165, 1.54) is 0 Å². The van der Waals surface area contributed by atoms with Crippen LogP contribution in [0.1, 0.15) is 55.2 Å². The molecule has 41 heavy (non-hydrogen) atoms. The summed E-state index contributed by atoms with van der Waals surface area (Å²) in [4.78, 5) is 27.9. The van der Waals surface area contributed by atoms with Crippen LogP contribution in [0.3, 0.4) is 0 Å². The lowest BCUT2D eigenvalue weighted by Gasteiger charge is -2.37. The van der Waals surface area contributed by atoms with E-state index in [0.29, 0.717) is 42.1 Å². The number of ether oxygens (including phenoxy) is 3. The predicted octanol–water partition coefficient (Wildman–Crippen LogP) is 6.41. The largest absolute Gasteiger partial charge is 0.494 e. The number of amides is 1. The van der Waals surface area contributed by atoms with Gasteiger partial charge in [0.1, 0.15) is 5.75 Å². The molecule has 0 aromatic heterocycles. The molecule has 3 aromatic carbocycles. The Hall–Kier alpha value is -4.52. The normalized spacial score (nSPS) is 18.4. The average Bonchev–Trinajstić information content (AvgIpc) is 2.97. The van der Waals surface area contributed by atoms with E-state index in [1.807, 2.05) is 87.5 Å². The Morgan fingerprint density at radius 1 is 0.927 bits per heavy atom. The fourth-order valence-corrected chi connectivity index (χ4v) is 5.84. The van der Waals surface area contributed by atoms with Crippen LogP contribution < -0.4 is 24.8 Å². The van der Waals surface area contributed by atoms with Crippen molar-refractivity contribution in [3.05, 3.63) is 106 Å². The molecule has 0 bridgehead atoms. The van der Waals surface area contributed by atoms with Crippen LogP contribution in [0.15, 0.2) is 89.3 Å². The summed E-state index contributed by atoms with van der Waals surface area (Å²) in [6.07, 6.45) is 0.962. The summed E-state index contributed by atoms with van der Waals surface area (Å²) < 4.78 is 16.6. The minimum atomic E-state index is -0.509. The summed E-state index contributed by atoms with van der Waals surface area (Å²) in [6.45, 7) is 6.36. The maximum absolute atomic E-state index is 14.0. The highest BCUT2D eigenvalue weighted by atomic mass is 16.5. The molecule has 2 aliphatic rings. The fourth-order valence-electron chi connectivity index (χ4n) is 5.84. The molecule has 2 atom stereocenters. The number of dihydropyridines is 1. The minimum absolute atomic E-state index is 0.0195. The van der Waals surface area contributed by atoms with Crippen LogP contribution in [-0.2, 0) is 9.59 Å². The van der Waals surface area contributed by atoms with Gasteiger partial charge in [0.2, 0.25) is 0 Å². The van der Waals surface area contributed by atoms with Gasteiger partial charge in [-0.25, -0.2) is 0 Å². The Labute approximate surface area is 241 Å². The Morgan fingerprint density at radius 3 is 2.32 bits per heavy atom. The molecule has 7 heteroatoms. The Bertz CT molecular complexity index is 1540. The number of ketones is 1. The summed E-state index contributed by atoms with van der Waals surface area (Å²) in [7, 11) is 3.21. The van der Waals surface area contributed by atoms with Crippen LogP contribution in [0.2, 0.25) is 0 Å². The number of benzene rings is 3. The number of aryl methyl sites for hydroxylation is 1. The topological polar surface area (TPSA) is 85.9 Å². The van der Waals surface area contributed by atoms with E-state index < -0.39 is 5.92 Å². The van der Waals surface area contributed by atoms with Crippen LogP contribution in [-0.4, -0.2) is 32.5 Å². The number of hydrogen-bond acceptors (Lipinski definition) is 6. The molecule has 1 amide bonds. The van der Waals surface area contributed by atoms with E-state index >= 15 is 0 Å². The number of Topliss-reactive ketones (excluding diaryl/α,β-unsaturated/α-hetero) is 1. The van der Waals surface area contributed by atoms with Gasteiger partial charge in [0.25, 0.3) is 5.91 Å². The number of para-hydroxylation sites is 1. The summed E-state index contributed by atoms with van der Waals surface area (Å²) in [5.74, 6) is 1.26. The molecule has 2 unspecified atom stereocenters.